The van der Waals surface area contributed by atoms with Gasteiger partial charge in [0, 0.05) is 38.7 Å². The molecule has 0 aromatic heterocycles. The highest BCUT2D eigenvalue weighted by Gasteiger charge is 2.22. The number of rotatable bonds is 9. The van der Waals surface area contributed by atoms with Crippen molar-refractivity contribution in [1.82, 2.24) is 9.80 Å². The van der Waals surface area contributed by atoms with Crippen LogP contribution in [-0.4, -0.2) is 55.7 Å². The van der Waals surface area contributed by atoms with E-state index >= 15 is 0 Å². The zero-order valence-corrected chi connectivity index (χ0v) is 20.0. The van der Waals surface area contributed by atoms with Crippen molar-refractivity contribution < 1.29 is 14.3 Å². The number of benzene rings is 2. The third kappa shape index (κ3) is 7.05. The minimum Gasteiger partial charge on any atom is -0.491 e. The van der Waals surface area contributed by atoms with Gasteiger partial charge in [0.2, 0.25) is 5.91 Å². The second kappa shape index (κ2) is 12.2. The molecule has 2 heterocycles. The van der Waals surface area contributed by atoms with Crippen LogP contribution in [0.3, 0.4) is 0 Å². The van der Waals surface area contributed by atoms with Gasteiger partial charge in [-0.05, 0) is 67.8 Å². The van der Waals surface area contributed by atoms with Gasteiger partial charge in [0.05, 0.1) is 13.2 Å². The molecule has 1 saturated heterocycles. The van der Waals surface area contributed by atoms with Crippen molar-refractivity contribution in [2.24, 2.45) is 5.92 Å². The van der Waals surface area contributed by atoms with Crippen molar-refractivity contribution in [1.29, 1.82) is 0 Å². The van der Waals surface area contributed by atoms with Crippen LogP contribution >= 0.6 is 0 Å². The first-order chi connectivity index (χ1) is 16.2. The Balaban J connectivity index is 1.30. The molecule has 178 valence electrons. The summed E-state index contributed by atoms with van der Waals surface area (Å²) in [6, 6.07) is 17.0. The Morgan fingerprint density at radius 1 is 1.09 bits per heavy atom. The molecule has 4 rings (SSSR count). The van der Waals surface area contributed by atoms with Gasteiger partial charge in [0.25, 0.3) is 0 Å². The molecule has 0 bridgehead atoms. The van der Waals surface area contributed by atoms with Crippen molar-refractivity contribution >= 4 is 5.91 Å². The van der Waals surface area contributed by atoms with Gasteiger partial charge in [-0.3, -0.25) is 9.69 Å². The molecule has 5 heteroatoms. The standard InChI is InChI=1S/C28H38N2O3/c1-32-22-25-11-7-15-29(20-25)19-24-13-14-27-26(18-24)21-30(16-17-33-27)28(31)12-6-5-10-23-8-3-2-4-9-23/h2-4,8-9,13-14,18,25H,5-7,10-12,15-17,19-22H2,1H3/t25-/m1/s1. The van der Waals surface area contributed by atoms with Crippen LogP contribution in [0.15, 0.2) is 48.5 Å². The van der Waals surface area contributed by atoms with E-state index in [0.717, 1.165) is 56.8 Å². The molecule has 2 aliphatic rings. The summed E-state index contributed by atoms with van der Waals surface area (Å²) in [7, 11) is 1.79. The topological polar surface area (TPSA) is 42.0 Å². The number of hydrogen-bond donors (Lipinski definition) is 0. The molecule has 1 fully saturated rings. The largest absolute Gasteiger partial charge is 0.491 e. The summed E-state index contributed by atoms with van der Waals surface area (Å²) in [6.45, 7) is 5.89. The van der Waals surface area contributed by atoms with Crippen LogP contribution < -0.4 is 4.74 Å². The molecule has 33 heavy (non-hydrogen) atoms. The average molecular weight is 451 g/mol. The minimum absolute atomic E-state index is 0.239. The molecular weight excluding hydrogens is 412 g/mol. The second-order valence-corrected chi connectivity index (χ2v) is 9.50. The number of piperidine rings is 1. The maximum Gasteiger partial charge on any atom is 0.222 e. The summed E-state index contributed by atoms with van der Waals surface area (Å²) in [5.74, 6) is 1.79. The van der Waals surface area contributed by atoms with Gasteiger partial charge < -0.3 is 14.4 Å². The summed E-state index contributed by atoms with van der Waals surface area (Å²) < 4.78 is 11.4. The fourth-order valence-corrected chi connectivity index (χ4v) is 5.09. The molecule has 2 aromatic rings. The number of carbonyl (C=O) groups excluding carboxylic acids is 1. The molecule has 0 saturated carbocycles. The number of ether oxygens (including phenoxy) is 2. The number of aryl methyl sites for hydroxylation is 1. The zero-order valence-electron chi connectivity index (χ0n) is 20.0. The quantitative estimate of drug-likeness (QED) is 0.520. The number of fused-ring (bicyclic) bond motifs is 1. The van der Waals surface area contributed by atoms with Crippen molar-refractivity contribution in [3.63, 3.8) is 0 Å². The van der Waals surface area contributed by atoms with Gasteiger partial charge in [-0.25, -0.2) is 0 Å². The maximum absolute atomic E-state index is 12.9. The Morgan fingerprint density at radius 3 is 2.82 bits per heavy atom. The van der Waals surface area contributed by atoms with E-state index in [9.17, 15) is 4.79 Å². The number of unbranched alkanes of at least 4 members (excludes halogenated alkanes) is 1. The maximum atomic E-state index is 12.9. The molecule has 2 aromatic carbocycles. The SMILES string of the molecule is COC[C@@H]1CCCN(Cc2ccc3c(c2)CN(C(=O)CCCCc2ccccc2)CCO3)C1. The van der Waals surface area contributed by atoms with Crippen LogP contribution in [-0.2, 0) is 29.0 Å². The van der Waals surface area contributed by atoms with E-state index < -0.39 is 0 Å². The van der Waals surface area contributed by atoms with E-state index in [2.05, 4.69) is 47.4 Å². The number of nitrogens with zero attached hydrogens (tertiary/aromatic N) is 2. The normalized spacial score (nSPS) is 18.9. The van der Waals surface area contributed by atoms with E-state index in [1.54, 1.807) is 7.11 Å². The molecule has 5 nitrogen and oxygen atoms in total. The first-order valence-corrected chi connectivity index (χ1v) is 12.5. The summed E-state index contributed by atoms with van der Waals surface area (Å²) in [5.41, 5.74) is 3.78. The Kier molecular flexibility index (Phi) is 8.79. The summed E-state index contributed by atoms with van der Waals surface area (Å²) in [5, 5.41) is 0. The third-order valence-electron chi connectivity index (χ3n) is 6.82. The van der Waals surface area contributed by atoms with Gasteiger partial charge in [0.15, 0.2) is 0 Å². The van der Waals surface area contributed by atoms with Crippen molar-refractivity contribution in [2.75, 3.05) is 40.0 Å². The van der Waals surface area contributed by atoms with Gasteiger partial charge in [-0.1, -0.05) is 36.4 Å². The number of likely N-dealkylation sites (tertiary alicyclic amines) is 1. The lowest BCUT2D eigenvalue weighted by Gasteiger charge is -2.32. The molecule has 1 atom stereocenters. The molecule has 0 spiro atoms. The van der Waals surface area contributed by atoms with E-state index in [1.807, 2.05) is 11.0 Å². The first kappa shape index (κ1) is 23.8. The molecular formula is C28H38N2O3. The van der Waals surface area contributed by atoms with Crippen LogP contribution in [0.5, 0.6) is 5.75 Å². The lowest BCUT2D eigenvalue weighted by atomic mass is 9.98. The fourth-order valence-electron chi connectivity index (χ4n) is 5.09. The Hall–Kier alpha value is -2.37. The summed E-state index contributed by atoms with van der Waals surface area (Å²) in [6.07, 6.45) is 6.09. The number of carbonyl (C=O) groups is 1. The Labute approximate surface area is 198 Å². The number of hydrogen-bond acceptors (Lipinski definition) is 4. The Bertz CT molecular complexity index is 884. The summed E-state index contributed by atoms with van der Waals surface area (Å²) >= 11 is 0. The van der Waals surface area contributed by atoms with E-state index in [-0.39, 0.29) is 5.91 Å². The monoisotopic (exact) mass is 450 g/mol. The molecule has 0 aliphatic carbocycles. The van der Waals surface area contributed by atoms with Gasteiger partial charge in [-0.15, -0.1) is 0 Å². The number of amides is 1. The van der Waals surface area contributed by atoms with Crippen molar-refractivity contribution in [3.8, 4) is 5.75 Å². The molecule has 0 radical (unpaired) electrons. The fraction of sp³-hybridized carbons (Fsp3) is 0.536. The van der Waals surface area contributed by atoms with E-state index in [1.165, 1.54) is 24.0 Å². The van der Waals surface area contributed by atoms with Crippen molar-refractivity contribution in [2.45, 2.75) is 51.6 Å². The minimum atomic E-state index is 0.239. The van der Waals surface area contributed by atoms with Gasteiger partial charge in [0.1, 0.15) is 12.4 Å². The van der Waals surface area contributed by atoms with Crippen LogP contribution in [0.2, 0.25) is 0 Å². The first-order valence-electron chi connectivity index (χ1n) is 12.5. The van der Waals surface area contributed by atoms with E-state index in [0.29, 0.717) is 32.0 Å². The predicted octanol–water partition coefficient (Wildman–Crippen LogP) is 4.68. The highest BCUT2D eigenvalue weighted by molar-refractivity contribution is 5.76. The highest BCUT2D eigenvalue weighted by atomic mass is 16.5. The second-order valence-electron chi connectivity index (χ2n) is 9.50. The van der Waals surface area contributed by atoms with Crippen LogP contribution in [0.1, 0.15) is 48.8 Å². The van der Waals surface area contributed by atoms with Gasteiger partial charge in [-0.2, -0.15) is 0 Å². The van der Waals surface area contributed by atoms with E-state index in [4.69, 9.17) is 9.47 Å². The van der Waals surface area contributed by atoms with Crippen molar-refractivity contribution in [3.05, 3.63) is 65.2 Å². The summed E-state index contributed by atoms with van der Waals surface area (Å²) in [4.78, 5) is 17.4. The highest BCUT2D eigenvalue weighted by Crippen LogP contribution is 2.27. The molecule has 0 unspecified atom stereocenters. The molecule has 1 amide bonds. The predicted molar refractivity (Wildman–Crippen MR) is 131 cm³/mol. The molecule has 0 N–H and O–H groups in total. The molecule has 2 aliphatic heterocycles. The smallest absolute Gasteiger partial charge is 0.222 e. The lowest BCUT2D eigenvalue weighted by Crippen LogP contribution is -2.36. The Morgan fingerprint density at radius 2 is 1.97 bits per heavy atom. The van der Waals surface area contributed by atoms with Gasteiger partial charge >= 0.3 is 0 Å². The number of methoxy groups -OCH3 is 1. The third-order valence-corrected chi connectivity index (χ3v) is 6.82. The lowest BCUT2D eigenvalue weighted by molar-refractivity contribution is -0.132. The average Bonchev–Trinajstić information content (AvgIpc) is 3.05. The van der Waals surface area contributed by atoms with Crippen LogP contribution in [0.4, 0.5) is 0 Å². The van der Waals surface area contributed by atoms with Crippen LogP contribution in [0, 0.1) is 5.92 Å². The van der Waals surface area contributed by atoms with Crippen LogP contribution in [0.25, 0.3) is 0 Å². The zero-order chi connectivity index (χ0) is 22.9.